The topological polar surface area (TPSA) is 89.6 Å². The number of aliphatic hydroxyl groups excluding tert-OH is 1. The number of hydrogen-bond acceptors (Lipinski definition) is 5. The van der Waals surface area contributed by atoms with Crippen molar-refractivity contribution in [1.29, 1.82) is 5.26 Å². The van der Waals surface area contributed by atoms with E-state index in [0.29, 0.717) is 24.5 Å². The van der Waals surface area contributed by atoms with E-state index in [0.717, 1.165) is 51.8 Å². The van der Waals surface area contributed by atoms with Gasteiger partial charge < -0.3 is 24.3 Å². The second kappa shape index (κ2) is 9.36. The van der Waals surface area contributed by atoms with Crippen LogP contribution in [0.2, 0.25) is 0 Å². The number of hydrogen-bond donors (Lipinski definition) is 2. The van der Waals surface area contributed by atoms with Crippen molar-refractivity contribution in [3.8, 4) is 11.9 Å². The maximum absolute atomic E-state index is 14.0. The zero-order valence-electron chi connectivity index (χ0n) is 20.4. The van der Waals surface area contributed by atoms with Crippen LogP contribution in [0.4, 0.5) is 4.39 Å². The van der Waals surface area contributed by atoms with Gasteiger partial charge in [0.1, 0.15) is 18.2 Å². The molecule has 37 heavy (non-hydrogen) atoms. The molecule has 4 aromatic rings. The van der Waals surface area contributed by atoms with Crippen LogP contribution < -0.4 is 10.4 Å². The minimum atomic E-state index is -0.573. The Balaban J connectivity index is 1.50. The Labute approximate surface area is 213 Å². The Morgan fingerprint density at radius 2 is 2.03 bits per heavy atom. The predicted octanol–water partition coefficient (Wildman–Crippen LogP) is 4.21. The number of nitrogens with one attached hydrogen (secondary N) is 1. The summed E-state index contributed by atoms with van der Waals surface area (Å²) < 4.78 is 21.9. The van der Waals surface area contributed by atoms with E-state index in [9.17, 15) is 14.8 Å². The molecule has 0 bridgehead atoms. The van der Waals surface area contributed by atoms with E-state index in [2.05, 4.69) is 27.0 Å². The molecule has 1 aromatic heterocycles. The molecule has 0 saturated carbocycles. The summed E-state index contributed by atoms with van der Waals surface area (Å²) >= 11 is 0. The fourth-order valence-electron chi connectivity index (χ4n) is 5.46. The molecule has 2 aliphatic heterocycles. The number of fused-ring (bicyclic) bond motifs is 3. The Bertz CT molecular complexity index is 1640. The molecule has 0 aliphatic carbocycles. The minimum Gasteiger partial charge on any atom is -0.488 e. The van der Waals surface area contributed by atoms with Crippen molar-refractivity contribution in [3.05, 3.63) is 94.4 Å². The van der Waals surface area contributed by atoms with Crippen LogP contribution in [-0.4, -0.2) is 45.8 Å². The highest BCUT2D eigenvalue weighted by Gasteiger charge is 2.29. The van der Waals surface area contributed by atoms with Crippen LogP contribution in [0.1, 0.15) is 34.7 Å². The molecule has 2 atom stereocenters. The standard InChI is InChI=1S/C29H26FN5O2/c1-34-11-10-26(27(36)15-34)35-25-9-6-18(13-24(25)33-29(35)32-17-31)12-23-21-5-3-2-4-19(21)16-37-28-14-20(30)7-8-22(23)28/h2-9,12-14,26-27,36H,10-11,15-16H2,1H3,(H,32,33)/b23-12+/t26-,27-/m0/s1. The van der Waals surface area contributed by atoms with E-state index in [-0.39, 0.29) is 11.9 Å². The van der Waals surface area contributed by atoms with Crippen molar-refractivity contribution >= 4 is 22.7 Å². The molecule has 0 radical (unpaired) electrons. The van der Waals surface area contributed by atoms with Gasteiger partial charge in [0.25, 0.3) is 0 Å². The van der Waals surface area contributed by atoms with Crippen LogP contribution in [0, 0.1) is 17.3 Å². The summed E-state index contributed by atoms with van der Waals surface area (Å²) in [6.07, 6.45) is 4.13. The summed E-state index contributed by atoms with van der Waals surface area (Å²) in [5.74, 6) is 0.166. The van der Waals surface area contributed by atoms with Crippen molar-refractivity contribution in [2.24, 2.45) is 4.99 Å². The summed E-state index contributed by atoms with van der Waals surface area (Å²) in [5, 5.41) is 20.1. The summed E-state index contributed by atoms with van der Waals surface area (Å²) in [6.45, 7) is 1.76. The van der Waals surface area contributed by atoms with Gasteiger partial charge in [-0.05, 0) is 66.1 Å². The SMILES string of the molecule is CN1CC[C@H](n2/c(=N/C#N)[nH]c3cc(/C=C4\c5ccccc5COc5cc(F)ccc54)ccc32)[C@@H](O)C1. The first-order valence-electron chi connectivity index (χ1n) is 12.3. The lowest BCUT2D eigenvalue weighted by molar-refractivity contribution is 0.0381. The molecule has 2 aliphatic rings. The monoisotopic (exact) mass is 495 g/mol. The Morgan fingerprint density at radius 3 is 2.86 bits per heavy atom. The summed E-state index contributed by atoms with van der Waals surface area (Å²) in [4.78, 5) is 9.39. The maximum atomic E-state index is 14.0. The van der Waals surface area contributed by atoms with Crippen LogP contribution in [0.3, 0.4) is 0 Å². The number of aromatic amines is 1. The van der Waals surface area contributed by atoms with Crippen molar-refractivity contribution in [3.63, 3.8) is 0 Å². The van der Waals surface area contributed by atoms with Crippen molar-refractivity contribution in [2.75, 3.05) is 20.1 Å². The fraction of sp³-hybridized carbons (Fsp3) is 0.241. The Kier molecular flexibility index (Phi) is 5.87. The van der Waals surface area contributed by atoms with E-state index < -0.39 is 6.10 Å². The quantitative estimate of drug-likeness (QED) is 0.408. The predicted molar refractivity (Wildman–Crippen MR) is 139 cm³/mol. The number of β-amino-alcohol motifs (C(OH)–C–C–N with tert-alkyl or cyclic N) is 1. The van der Waals surface area contributed by atoms with Gasteiger partial charge >= 0.3 is 0 Å². The average Bonchev–Trinajstić information content (AvgIpc) is 3.16. The summed E-state index contributed by atoms with van der Waals surface area (Å²) in [6, 6.07) is 18.5. The number of piperidine rings is 1. The highest BCUT2D eigenvalue weighted by atomic mass is 19.1. The summed E-state index contributed by atoms with van der Waals surface area (Å²) in [7, 11) is 1.99. The molecule has 8 heteroatoms. The second-order valence-electron chi connectivity index (χ2n) is 9.64. The number of nitrogens with zero attached hydrogens (tertiary/aromatic N) is 4. The average molecular weight is 496 g/mol. The third-order valence-electron chi connectivity index (χ3n) is 7.23. The van der Waals surface area contributed by atoms with Crippen molar-refractivity contribution in [2.45, 2.75) is 25.2 Å². The molecule has 0 spiro atoms. The van der Waals surface area contributed by atoms with E-state index >= 15 is 0 Å². The molecule has 3 aromatic carbocycles. The molecule has 0 amide bonds. The van der Waals surface area contributed by atoms with Crippen molar-refractivity contribution in [1.82, 2.24) is 14.5 Å². The molecule has 3 heterocycles. The number of nitriles is 1. The lowest BCUT2D eigenvalue weighted by Gasteiger charge is -2.34. The van der Waals surface area contributed by atoms with Crippen LogP contribution in [0.15, 0.2) is 65.7 Å². The fourth-order valence-corrected chi connectivity index (χ4v) is 5.46. The highest BCUT2D eigenvalue weighted by molar-refractivity contribution is 5.95. The van der Waals surface area contributed by atoms with E-state index in [1.807, 2.05) is 54.2 Å². The number of H-pyrrole nitrogens is 1. The maximum Gasteiger partial charge on any atom is 0.219 e. The number of aromatic nitrogens is 2. The van der Waals surface area contributed by atoms with Gasteiger partial charge in [-0.25, -0.2) is 4.39 Å². The Morgan fingerprint density at radius 1 is 1.16 bits per heavy atom. The highest BCUT2D eigenvalue weighted by Crippen LogP contribution is 2.38. The zero-order chi connectivity index (χ0) is 25.5. The molecule has 186 valence electrons. The lowest BCUT2D eigenvalue weighted by atomic mass is 9.92. The number of likely N-dealkylation sites (tertiary alicyclic amines) is 1. The van der Waals surface area contributed by atoms with Gasteiger partial charge in [0.2, 0.25) is 11.8 Å². The lowest BCUT2D eigenvalue weighted by Crippen LogP contribution is -2.44. The Hall–Kier alpha value is -4.19. The first-order valence-corrected chi connectivity index (χ1v) is 12.3. The first-order chi connectivity index (χ1) is 18.0. The molecule has 1 saturated heterocycles. The van der Waals surface area contributed by atoms with Gasteiger partial charge in [0, 0.05) is 24.7 Å². The van der Waals surface area contributed by atoms with Crippen LogP contribution in [0.25, 0.3) is 22.7 Å². The van der Waals surface area contributed by atoms with Crippen LogP contribution in [0.5, 0.6) is 5.75 Å². The molecule has 6 rings (SSSR count). The zero-order valence-corrected chi connectivity index (χ0v) is 20.4. The molecule has 7 nitrogen and oxygen atoms in total. The van der Waals surface area contributed by atoms with Gasteiger partial charge in [-0.15, -0.1) is 4.99 Å². The molecular weight excluding hydrogens is 469 g/mol. The molecular formula is C29H26FN5O2. The normalized spacial score (nSPS) is 21.2. The molecule has 2 N–H and O–H groups in total. The number of benzene rings is 3. The number of imidazole rings is 1. The molecule has 0 unspecified atom stereocenters. The van der Waals surface area contributed by atoms with E-state index in [1.54, 1.807) is 6.07 Å². The number of halogens is 1. The van der Waals surface area contributed by atoms with Gasteiger partial charge in [0.05, 0.1) is 23.2 Å². The van der Waals surface area contributed by atoms with Crippen LogP contribution in [-0.2, 0) is 6.61 Å². The van der Waals surface area contributed by atoms with Crippen LogP contribution >= 0.6 is 0 Å². The number of ether oxygens (including phenoxy) is 1. The van der Waals surface area contributed by atoms with Gasteiger partial charge in [-0.3, -0.25) is 0 Å². The molecule has 1 fully saturated rings. The van der Waals surface area contributed by atoms with Gasteiger partial charge in [-0.2, -0.15) is 5.26 Å². The number of rotatable bonds is 2. The van der Waals surface area contributed by atoms with Gasteiger partial charge in [-0.1, -0.05) is 30.3 Å². The third kappa shape index (κ3) is 4.22. The third-order valence-corrected chi connectivity index (χ3v) is 7.23. The van der Waals surface area contributed by atoms with Gasteiger partial charge in [0.15, 0.2) is 0 Å². The number of aliphatic hydroxyl groups is 1. The van der Waals surface area contributed by atoms with E-state index in [4.69, 9.17) is 4.74 Å². The summed E-state index contributed by atoms with van der Waals surface area (Å²) in [5.41, 5.74) is 6.85. The van der Waals surface area contributed by atoms with E-state index in [1.165, 1.54) is 12.1 Å². The number of likely N-dealkylation sites (N-methyl/N-ethyl adjacent to an activating group) is 1. The smallest absolute Gasteiger partial charge is 0.219 e. The second-order valence-corrected chi connectivity index (χ2v) is 9.64. The first kappa shape index (κ1) is 23.2. The minimum absolute atomic E-state index is 0.186. The largest absolute Gasteiger partial charge is 0.488 e. The van der Waals surface area contributed by atoms with Crippen molar-refractivity contribution < 1.29 is 14.2 Å².